The molecule has 3 aromatic rings. The Bertz CT molecular complexity index is 1110. The lowest BCUT2D eigenvalue weighted by Crippen LogP contribution is -2.35. The van der Waals surface area contributed by atoms with Gasteiger partial charge in [0.25, 0.3) is 0 Å². The summed E-state index contributed by atoms with van der Waals surface area (Å²) >= 11 is 1.70. The highest BCUT2D eigenvalue weighted by Crippen LogP contribution is 2.37. The molecule has 186 valence electrons. The smallest absolute Gasteiger partial charge is 0.212 e. The van der Waals surface area contributed by atoms with Crippen LogP contribution < -0.4 is 15.5 Å². The number of amides is 1. The van der Waals surface area contributed by atoms with Crippen LogP contribution in [0.2, 0.25) is 0 Å². The molecule has 0 aromatic carbocycles. The predicted molar refractivity (Wildman–Crippen MR) is 145 cm³/mol. The van der Waals surface area contributed by atoms with Crippen molar-refractivity contribution in [2.45, 2.75) is 38.5 Å². The molecule has 35 heavy (non-hydrogen) atoms. The van der Waals surface area contributed by atoms with E-state index in [1.807, 2.05) is 0 Å². The number of pyridine rings is 1. The van der Waals surface area contributed by atoms with Gasteiger partial charge in [0.1, 0.15) is 18.0 Å². The van der Waals surface area contributed by atoms with Gasteiger partial charge in [-0.3, -0.25) is 9.78 Å². The third kappa shape index (κ3) is 5.97. The molecule has 2 N–H and O–H groups in total. The normalized spacial score (nSPS) is 14.5. The maximum Gasteiger partial charge on any atom is 0.212 e. The summed E-state index contributed by atoms with van der Waals surface area (Å²) in [5.74, 6) is 2.08. The van der Waals surface area contributed by atoms with Gasteiger partial charge in [0, 0.05) is 48.6 Å². The lowest BCUT2D eigenvalue weighted by Gasteiger charge is -2.35. The molecule has 0 bridgehead atoms. The summed E-state index contributed by atoms with van der Waals surface area (Å²) in [7, 11) is 4.18. The van der Waals surface area contributed by atoms with Crippen LogP contribution in [0.5, 0.6) is 0 Å². The van der Waals surface area contributed by atoms with Crippen molar-refractivity contribution in [1.29, 1.82) is 0 Å². The molecule has 8 nitrogen and oxygen atoms in total. The highest BCUT2D eigenvalue weighted by molar-refractivity contribution is 7.08. The van der Waals surface area contributed by atoms with Crippen LogP contribution in [0.25, 0.3) is 11.3 Å². The van der Waals surface area contributed by atoms with Crippen molar-refractivity contribution in [2.24, 2.45) is 0 Å². The van der Waals surface area contributed by atoms with Gasteiger partial charge in [-0.1, -0.05) is 13.8 Å². The van der Waals surface area contributed by atoms with Gasteiger partial charge in [-0.15, -0.1) is 0 Å². The number of hydrogen-bond donors (Lipinski definition) is 2. The molecule has 0 atom stereocenters. The van der Waals surface area contributed by atoms with Crippen molar-refractivity contribution in [3.8, 4) is 11.3 Å². The molecule has 3 aromatic heterocycles. The summed E-state index contributed by atoms with van der Waals surface area (Å²) in [4.78, 5) is 29.7. The Hall–Kier alpha value is -3.04. The van der Waals surface area contributed by atoms with Gasteiger partial charge in [-0.2, -0.15) is 11.3 Å². The van der Waals surface area contributed by atoms with Crippen LogP contribution in [-0.4, -0.2) is 66.5 Å². The number of carbonyl (C=O) groups is 1. The van der Waals surface area contributed by atoms with E-state index in [1.165, 1.54) is 11.9 Å². The topological polar surface area (TPSA) is 86.3 Å². The Morgan fingerprint density at radius 1 is 1.20 bits per heavy atom. The maximum atomic E-state index is 11.1. The third-order valence-electron chi connectivity index (χ3n) is 6.43. The van der Waals surface area contributed by atoms with Crippen LogP contribution >= 0.6 is 11.3 Å². The fraction of sp³-hybridized carbons (Fsp3) is 0.462. The van der Waals surface area contributed by atoms with Crippen LogP contribution in [0.3, 0.4) is 0 Å². The van der Waals surface area contributed by atoms with Crippen molar-refractivity contribution >= 4 is 35.1 Å². The Morgan fingerprint density at radius 3 is 2.66 bits per heavy atom. The van der Waals surface area contributed by atoms with Gasteiger partial charge in [-0.05, 0) is 56.4 Å². The van der Waals surface area contributed by atoms with Gasteiger partial charge in [0.15, 0.2) is 0 Å². The van der Waals surface area contributed by atoms with Gasteiger partial charge in [0.2, 0.25) is 6.41 Å². The van der Waals surface area contributed by atoms with Crippen LogP contribution in [0.4, 0.5) is 17.3 Å². The van der Waals surface area contributed by atoms with Crippen molar-refractivity contribution in [2.75, 3.05) is 55.8 Å². The molecule has 0 aliphatic carbocycles. The number of thiophene rings is 1. The first kappa shape index (κ1) is 25.1. The minimum atomic E-state index is 0.197. The highest BCUT2D eigenvalue weighted by Gasteiger charge is 2.28. The predicted octanol–water partition coefficient (Wildman–Crippen LogP) is 4.65. The largest absolute Gasteiger partial charge is 0.382 e. The number of carbonyl (C=O) groups excluding carboxylic acids is 1. The number of hydrogen-bond acceptors (Lipinski definition) is 8. The van der Waals surface area contributed by atoms with E-state index in [1.54, 1.807) is 11.3 Å². The summed E-state index contributed by atoms with van der Waals surface area (Å²) < 4.78 is 0. The standard InChI is InChI=1S/C26H35N7OS/c1-18(2)23-25(30-17-34)28-16-29-26(23)33-11-7-19(8-12-33)24-22(27-10-13-32(3)4)6-5-21(31-24)20-9-14-35-15-20/h5-6,9,14-19,27H,7-8,10-13H2,1-4H3,(H,28,29,30,34). The van der Waals surface area contributed by atoms with Crippen LogP contribution in [0.15, 0.2) is 35.3 Å². The molecule has 0 radical (unpaired) electrons. The monoisotopic (exact) mass is 493 g/mol. The minimum absolute atomic E-state index is 0.197. The lowest BCUT2D eigenvalue weighted by atomic mass is 9.91. The molecule has 1 aliphatic heterocycles. The molecule has 0 unspecified atom stereocenters. The number of nitrogens with one attached hydrogen (secondary N) is 2. The molecule has 4 rings (SSSR count). The van der Waals surface area contributed by atoms with Crippen molar-refractivity contribution < 1.29 is 4.79 Å². The summed E-state index contributed by atoms with van der Waals surface area (Å²) in [5.41, 5.74) is 5.48. The van der Waals surface area contributed by atoms with E-state index in [2.05, 4.69) is 87.3 Å². The summed E-state index contributed by atoms with van der Waals surface area (Å²) in [6, 6.07) is 6.44. The molecule has 1 fully saturated rings. The first-order valence-electron chi connectivity index (χ1n) is 12.2. The molecular formula is C26H35N7OS. The molecule has 1 aliphatic rings. The highest BCUT2D eigenvalue weighted by atomic mass is 32.1. The number of anilines is 3. The molecule has 9 heteroatoms. The first-order valence-corrected chi connectivity index (χ1v) is 13.1. The Kier molecular flexibility index (Phi) is 8.30. The molecule has 0 saturated carbocycles. The number of rotatable bonds is 10. The molecule has 0 spiro atoms. The van der Waals surface area contributed by atoms with Crippen molar-refractivity contribution in [3.63, 3.8) is 0 Å². The van der Waals surface area contributed by atoms with E-state index in [-0.39, 0.29) is 5.92 Å². The fourth-order valence-electron chi connectivity index (χ4n) is 4.63. The Balaban J connectivity index is 1.56. The summed E-state index contributed by atoms with van der Waals surface area (Å²) in [6.07, 6.45) is 4.19. The van der Waals surface area contributed by atoms with E-state index in [4.69, 9.17) is 4.98 Å². The molecular weight excluding hydrogens is 458 g/mol. The SMILES string of the molecule is CC(C)c1c(NC=O)ncnc1N1CCC(c2nc(-c3ccsc3)ccc2NCCN(C)C)CC1. The number of aromatic nitrogens is 3. The summed E-state index contributed by atoms with van der Waals surface area (Å²) in [6.45, 7) is 7.82. The second-order valence-corrected chi connectivity index (χ2v) is 10.3. The zero-order valence-electron chi connectivity index (χ0n) is 21.0. The second-order valence-electron chi connectivity index (χ2n) is 9.51. The molecule has 1 saturated heterocycles. The molecule has 4 heterocycles. The quantitative estimate of drug-likeness (QED) is 0.398. The summed E-state index contributed by atoms with van der Waals surface area (Å²) in [5, 5.41) is 10.6. The first-order chi connectivity index (χ1) is 17.0. The van der Waals surface area contributed by atoms with Gasteiger partial charge in [0.05, 0.1) is 17.1 Å². The molecule has 1 amide bonds. The zero-order valence-corrected chi connectivity index (χ0v) is 21.8. The Labute approximate surface area is 211 Å². The minimum Gasteiger partial charge on any atom is -0.382 e. The number of likely N-dealkylation sites (N-methyl/N-ethyl adjacent to an activating group) is 1. The van der Waals surface area contributed by atoms with Crippen molar-refractivity contribution in [1.82, 2.24) is 19.9 Å². The van der Waals surface area contributed by atoms with E-state index in [9.17, 15) is 4.79 Å². The van der Waals surface area contributed by atoms with Gasteiger partial charge in [-0.25, -0.2) is 9.97 Å². The van der Waals surface area contributed by atoms with Gasteiger partial charge >= 0.3 is 0 Å². The third-order valence-corrected chi connectivity index (χ3v) is 7.12. The van der Waals surface area contributed by atoms with Crippen LogP contribution in [0.1, 0.15) is 49.8 Å². The van der Waals surface area contributed by atoms with Crippen molar-refractivity contribution in [3.05, 3.63) is 46.5 Å². The maximum absolute atomic E-state index is 11.1. The van der Waals surface area contributed by atoms with E-state index >= 15 is 0 Å². The van der Waals surface area contributed by atoms with E-state index < -0.39 is 0 Å². The van der Waals surface area contributed by atoms with E-state index in [0.717, 1.165) is 67.5 Å². The Morgan fingerprint density at radius 2 is 2.00 bits per heavy atom. The fourth-order valence-corrected chi connectivity index (χ4v) is 5.28. The zero-order chi connectivity index (χ0) is 24.8. The van der Waals surface area contributed by atoms with Gasteiger partial charge < -0.3 is 20.4 Å². The average Bonchev–Trinajstić information content (AvgIpc) is 3.39. The van der Waals surface area contributed by atoms with Crippen LogP contribution in [0, 0.1) is 0 Å². The number of nitrogens with zero attached hydrogens (tertiary/aromatic N) is 5. The second kappa shape index (κ2) is 11.6. The van der Waals surface area contributed by atoms with E-state index in [0.29, 0.717) is 18.1 Å². The average molecular weight is 494 g/mol. The van der Waals surface area contributed by atoms with Crippen LogP contribution in [-0.2, 0) is 4.79 Å². The lowest BCUT2D eigenvalue weighted by molar-refractivity contribution is -0.105. The number of piperidine rings is 1.